The predicted octanol–water partition coefficient (Wildman–Crippen LogP) is 6.80. The lowest BCUT2D eigenvalue weighted by atomic mass is 10.2. The fourth-order valence-corrected chi connectivity index (χ4v) is 4.41. The van der Waals surface area contributed by atoms with Gasteiger partial charge < -0.3 is 15.0 Å². The molecule has 5 rings (SSSR count). The molecule has 0 aliphatic rings. The smallest absolute Gasteiger partial charge is 0.244 e. The van der Waals surface area contributed by atoms with Crippen LogP contribution in [-0.2, 0) is 11.3 Å². The SMILES string of the molecule is O=C(Cn1c(O)c(N=Nc2nc3ccccc3s2)c2cc(Cl)ccc21)Nc1ccccc1F. The summed E-state index contributed by atoms with van der Waals surface area (Å²) in [5.74, 6) is -1.33. The number of hydrogen-bond acceptors (Lipinski definition) is 6. The van der Waals surface area contributed by atoms with E-state index in [1.165, 1.54) is 34.1 Å². The van der Waals surface area contributed by atoms with E-state index in [0.717, 1.165) is 10.2 Å². The second-order valence-electron chi connectivity index (χ2n) is 7.11. The zero-order chi connectivity index (χ0) is 22.9. The Morgan fingerprint density at radius 2 is 1.91 bits per heavy atom. The fraction of sp³-hybridized carbons (Fsp3) is 0.0435. The Morgan fingerprint density at radius 3 is 2.73 bits per heavy atom. The van der Waals surface area contributed by atoms with Crippen LogP contribution in [0.1, 0.15) is 0 Å². The Morgan fingerprint density at radius 1 is 1.12 bits per heavy atom. The zero-order valence-electron chi connectivity index (χ0n) is 16.9. The van der Waals surface area contributed by atoms with Gasteiger partial charge in [-0.1, -0.05) is 47.2 Å². The van der Waals surface area contributed by atoms with Crippen LogP contribution in [0.5, 0.6) is 5.88 Å². The summed E-state index contributed by atoms with van der Waals surface area (Å²) in [6.07, 6.45) is 0. The van der Waals surface area contributed by atoms with Crippen molar-refractivity contribution < 1.29 is 14.3 Å². The molecule has 2 aromatic heterocycles. The number of para-hydroxylation sites is 2. The second-order valence-corrected chi connectivity index (χ2v) is 8.56. The number of anilines is 1. The number of aromatic nitrogens is 2. The highest BCUT2D eigenvalue weighted by Crippen LogP contribution is 2.41. The first-order valence-electron chi connectivity index (χ1n) is 9.82. The number of azo groups is 1. The Hall–Kier alpha value is -3.82. The summed E-state index contributed by atoms with van der Waals surface area (Å²) >= 11 is 7.52. The van der Waals surface area contributed by atoms with Crippen molar-refractivity contribution in [1.82, 2.24) is 9.55 Å². The quantitative estimate of drug-likeness (QED) is 0.271. The summed E-state index contributed by atoms with van der Waals surface area (Å²) in [5.41, 5.74) is 1.54. The van der Waals surface area contributed by atoms with Crippen LogP contribution < -0.4 is 5.32 Å². The lowest BCUT2D eigenvalue weighted by Crippen LogP contribution is -2.19. The topological polar surface area (TPSA) is 91.9 Å². The summed E-state index contributed by atoms with van der Waals surface area (Å²) < 4.78 is 16.2. The monoisotopic (exact) mass is 479 g/mol. The first kappa shape index (κ1) is 21.0. The van der Waals surface area contributed by atoms with Crippen molar-refractivity contribution in [2.75, 3.05) is 5.32 Å². The van der Waals surface area contributed by atoms with Gasteiger partial charge in [0.25, 0.3) is 0 Å². The molecule has 3 aromatic carbocycles. The molecule has 10 heteroatoms. The molecule has 0 aliphatic carbocycles. The van der Waals surface area contributed by atoms with Gasteiger partial charge >= 0.3 is 0 Å². The Bertz CT molecular complexity index is 1510. The van der Waals surface area contributed by atoms with Gasteiger partial charge in [0.05, 0.1) is 21.4 Å². The number of fused-ring (bicyclic) bond motifs is 2. The third-order valence-electron chi connectivity index (χ3n) is 4.94. The molecular formula is C23H15ClFN5O2S. The third kappa shape index (κ3) is 4.15. The molecule has 2 heterocycles. The van der Waals surface area contributed by atoms with Crippen molar-refractivity contribution in [2.45, 2.75) is 6.54 Å². The van der Waals surface area contributed by atoms with E-state index >= 15 is 0 Å². The Kier molecular flexibility index (Phi) is 5.49. The van der Waals surface area contributed by atoms with Gasteiger partial charge in [-0.25, -0.2) is 9.37 Å². The van der Waals surface area contributed by atoms with Gasteiger partial charge in [0, 0.05) is 10.4 Å². The maximum atomic E-state index is 13.9. The number of thiazole rings is 1. The molecule has 7 nitrogen and oxygen atoms in total. The number of nitrogens with one attached hydrogen (secondary N) is 1. The van der Waals surface area contributed by atoms with Gasteiger partial charge in [0.1, 0.15) is 12.4 Å². The molecule has 0 bridgehead atoms. The molecule has 0 atom stereocenters. The maximum Gasteiger partial charge on any atom is 0.244 e. The number of halogens is 2. The number of aromatic hydroxyl groups is 1. The molecule has 0 saturated carbocycles. The van der Waals surface area contributed by atoms with Gasteiger partial charge in [-0.3, -0.25) is 4.79 Å². The van der Waals surface area contributed by atoms with E-state index in [1.807, 2.05) is 24.3 Å². The van der Waals surface area contributed by atoms with Gasteiger partial charge in [-0.2, -0.15) is 0 Å². The summed E-state index contributed by atoms with van der Waals surface area (Å²) in [6.45, 7) is -0.269. The predicted molar refractivity (Wildman–Crippen MR) is 127 cm³/mol. The molecule has 33 heavy (non-hydrogen) atoms. The number of amides is 1. The van der Waals surface area contributed by atoms with E-state index in [9.17, 15) is 14.3 Å². The van der Waals surface area contributed by atoms with Crippen LogP contribution in [0.25, 0.3) is 21.1 Å². The average molecular weight is 480 g/mol. The van der Waals surface area contributed by atoms with Crippen molar-refractivity contribution >= 4 is 66.5 Å². The minimum Gasteiger partial charge on any atom is -0.493 e. The van der Waals surface area contributed by atoms with Crippen molar-refractivity contribution in [3.05, 3.63) is 77.6 Å². The van der Waals surface area contributed by atoms with Crippen molar-refractivity contribution in [1.29, 1.82) is 0 Å². The second kappa shape index (κ2) is 8.61. The average Bonchev–Trinajstić information content (AvgIpc) is 3.32. The zero-order valence-corrected chi connectivity index (χ0v) is 18.4. The standard InChI is InChI=1S/C23H15ClFN5O2S/c24-13-9-10-18-14(11-13)21(28-29-23-27-17-7-3-4-8-19(17)33-23)22(32)30(18)12-20(31)26-16-6-2-1-5-15(16)25/h1-11,32H,12H2,(H,26,31). The molecule has 0 fully saturated rings. The number of rotatable bonds is 5. The minimum absolute atomic E-state index is 0.0530. The highest BCUT2D eigenvalue weighted by molar-refractivity contribution is 7.21. The molecule has 5 aromatic rings. The Balaban J connectivity index is 1.50. The molecule has 0 spiro atoms. The van der Waals surface area contributed by atoms with Gasteiger partial charge in [0.15, 0.2) is 5.69 Å². The van der Waals surface area contributed by atoms with Gasteiger partial charge in [0.2, 0.25) is 16.9 Å². The van der Waals surface area contributed by atoms with E-state index < -0.39 is 11.7 Å². The van der Waals surface area contributed by atoms with E-state index in [0.29, 0.717) is 21.1 Å². The van der Waals surface area contributed by atoms with Crippen LogP contribution in [-0.4, -0.2) is 20.6 Å². The minimum atomic E-state index is -0.551. The summed E-state index contributed by atoms with van der Waals surface area (Å²) in [5, 5.41) is 23.2. The maximum absolute atomic E-state index is 13.9. The normalized spacial score (nSPS) is 11.6. The van der Waals surface area contributed by atoms with Crippen LogP contribution >= 0.6 is 22.9 Å². The van der Waals surface area contributed by atoms with E-state index in [2.05, 4.69) is 20.5 Å². The van der Waals surface area contributed by atoms with Crippen LogP contribution in [0.4, 0.5) is 20.9 Å². The fourth-order valence-electron chi connectivity index (χ4n) is 3.45. The number of carbonyl (C=O) groups excluding carboxylic acids is 1. The summed E-state index contributed by atoms with van der Waals surface area (Å²) in [4.78, 5) is 17.0. The molecule has 2 N–H and O–H groups in total. The summed E-state index contributed by atoms with van der Waals surface area (Å²) in [6, 6.07) is 18.4. The number of benzene rings is 3. The summed E-state index contributed by atoms with van der Waals surface area (Å²) in [7, 11) is 0. The lowest BCUT2D eigenvalue weighted by molar-refractivity contribution is -0.116. The molecule has 1 amide bonds. The highest BCUT2D eigenvalue weighted by Gasteiger charge is 2.20. The van der Waals surface area contributed by atoms with Crippen LogP contribution in [0.2, 0.25) is 5.02 Å². The first-order valence-corrected chi connectivity index (χ1v) is 11.0. The third-order valence-corrected chi connectivity index (χ3v) is 6.10. The number of hydrogen-bond donors (Lipinski definition) is 2. The van der Waals surface area contributed by atoms with E-state index in [-0.39, 0.29) is 23.8 Å². The molecule has 164 valence electrons. The van der Waals surface area contributed by atoms with Crippen molar-refractivity contribution in [2.24, 2.45) is 10.2 Å². The number of carbonyl (C=O) groups is 1. The van der Waals surface area contributed by atoms with E-state index in [4.69, 9.17) is 11.6 Å². The molecule has 0 unspecified atom stereocenters. The number of nitrogens with zero attached hydrogens (tertiary/aromatic N) is 4. The van der Waals surface area contributed by atoms with Crippen LogP contribution in [0.3, 0.4) is 0 Å². The van der Waals surface area contributed by atoms with Gasteiger partial charge in [-0.15, -0.1) is 10.2 Å². The highest BCUT2D eigenvalue weighted by atomic mass is 35.5. The molecule has 0 saturated heterocycles. The molecule has 0 radical (unpaired) electrons. The van der Waals surface area contributed by atoms with E-state index in [1.54, 1.807) is 24.3 Å². The van der Waals surface area contributed by atoms with Crippen LogP contribution in [0, 0.1) is 5.82 Å². The van der Waals surface area contributed by atoms with Crippen molar-refractivity contribution in [3.8, 4) is 5.88 Å². The lowest BCUT2D eigenvalue weighted by Gasteiger charge is -2.09. The largest absolute Gasteiger partial charge is 0.493 e. The molecule has 0 aliphatic heterocycles. The molecular weight excluding hydrogens is 465 g/mol. The first-order chi connectivity index (χ1) is 16.0. The van der Waals surface area contributed by atoms with Crippen LogP contribution in [0.15, 0.2) is 77.0 Å². The van der Waals surface area contributed by atoms with Gasteiger partial charge in [-0.05, 0) is 42.5 Å². The van der Waals surface area contributed by atoms with Crippen molar-refractivity contribution in [3.63, 3.8) is 0 Å². The Labute approximate surface area is 195 Å².